The van der Waals surface area contributed by atoms with Gasteiger partial charge in [0.1, 0.15) is 23.1 Å². The minimum atomic E-state index is -1.09. The Morgan fingerprint density at radius 2 is 2.00 bits per heavy atom. The van der Waals surface area contributed by atoms with Crippen molar-refractivity contribution in [3.63, 3.8) is 0 Å². The van der Waals surface area contributed by atoms with E-state index in [1.54, 1.807) is 6.92 Å². The fourth-order valence-corrected chi connectivity index (χ4v) is 3.75. The summed E-state index contributed by atoms with van der Waals surface area (Å²) in [5.74, 6) is 0.819. The number of aliphatic hydroxyl groups is 2. The number of nitriles is 1. The number of anilines is 2. The van der Waals surface area contributed by atoms with Crippen LogP contribution in [0.1, 0.15) is 51.2 Å². The Morgan fingerprint density at radius 3 is 2.66 bits per heavy atom. The molecule has 0 saturated heterocycles. The fraction of sp³-hybridized carbons (Fsp3) is 0.500. The maximum atomic E-state index is 10.8. The van der Waals surface area contributed by atoms with E-state index in [-0.39, 0.29) is 24.1 Å². The molecule has 1 heterocycles. The summed E-state index contributed by atoms with van der Waals surface area (Å²) in [6, 6.07) is 11.7. The van der Waals surface area contributed by atoms with Crippen LogP contribution in [0.3, 0.4) is 0 Å². The maximum absolute atomic E-state index is 10.8. The van der Waals surface area contributed by atoms with Crippen molar-refractivity contribution in [2.24, 2.45) is 5.41 Å². The lowest BCUT2D eigenvalue weighted by Gasteiger charge is -2.40. The minimum absolute atomic E-state index is 0.121. The van der Waals surface area contributed by atoms with Gasteiger partial charge < -0.3 is 20.8 Å². The largest absolute Gasteiger partial charge is 0.393 e. The third-order valence-electron chi connectivity index (χ3n) is 5.70. The normalized spacial score (nSPS) is 22.9. The van der Waals surface area contributed by atoms with Crippen LogP contribution in [0.2, 0.25) is 0 Å². The molecule has 1 aliphatic rings. The topological polar surface area (TPSA) is 114 Å². The molecule has 7 nitrogen and oxygen atoms in total. The summed E-state index contributed by atoms with van der Waals surface area (Å²) in [6.07, 6.45) is 3.47. The van der Waals surface area contributed by atoms with Gasteiger partial charge in [-0.25, -0.2) is 4.98 Å². The quantitative estimate of drug-likeness (QED) is 0.594. The van der Waals surface area contributed by atoms with E-state index < -0.39 is 5.60 Å². The van der Waals surface area contributed by atoms with Crippen molar-refractivity contribution >= 4 is 11.8 Å². The van der Waals surface area contributed by atoms with Crippen LogP contribution in [0.25, 0.3) is 0 Å². The van der Waals surface area contributed by atoms with E-state index in [0.717, 1.165) is 18.4 Å². The Labute approximate surface area is 171 Å². The highest BCUT2D eigenvalue weighted by atomic mass is 16.3. The van der Waals surface area contributed by atoms with Gasteiger partial charge in [0.05, 0.1) is 18.8 Å². The molecule has 1 aliphatic carbocycles. The number of benzene rings is 1. The first-order valence-corrected chi connectivity index (χ1v) is 9.95. The van der Waals surface area contributed by atoms with Gasteiger partial charge >= 0.3 is 0 Å². The van der Waals surface area contributed by atoms with Crippen LogP contribution in [0.15, 0.2) is 36.5 Å². The van der Waals surface area contributed by atoms with E-state index in [1.165, 1.54) is 6.20 Å². The lowest BCUT2D eigenvalue weighted by Crippen LogP contribution is -2.41. The molecule has 1 fully saturated rings. The fourth-order valence-electron chi connectivity index (χ4n) is 3.75. The molecule has 29 heavy (non-hydrogen) atoms. The van der Waals surface area contributed by atoms with Gasteiger partial charge in [-0.15, -0.1) is 0 Å². The first-order chi connectivity index (χ1) is 13.7. The van der Waals surface area contributed by atoms with Gasteiger partial charge in [0, 0.05) is 6.04 Å². The van der Waals surface area contributed by atoms with E-state index >= 15 is 0 Å². The average Bonchev–Trinajstić information content (AvgIpc) is 2.70. The Hall–Kier alpha value is -2.69. The van der Waals surface area contributed by atoms with Gasteiger partial charge in [-0.1, -0.05) is 44.2 Å². The number of nitrogens with one attached hydrogen (secondary N) is 2. The van der Waals surface area contributed by atoms with Crippen molar-refractivity contribution in [3.8, 4) is 6.07 Å². The molecule has 1 aromatic heterocycles. The SMILES string of the molecule is CC(O)(CNc1ncc(C#N)c(N[C@@H]2CC[C@H](O)C(C)(C)C2)n1)c1ccccc1. The van der Waals surface area contributed by atoms with Crippen LogP contribution in [-0.4, -0.2) is 38.9 Å². The standard InChI is InChI=1S/C22H29N5O2/c1-21(2)11-17(9-10-18(21)28)26-19-15(12-23)13-24-20(27-19)25-14-22(3,29)16-7-5-4-6-8-16/h4-8,13,17-18,28-29H,9-11,14H2,1-3H3,(H2,24,25,26,27)/t17-,18+,22?/m1/s1. The molecule has 2 aromatic rings. The summed E-state index contributed by atoms with van der Waals surface area (Å²) in [6.45, 7) is 6.06. The molecule has 7 heteroatoms. The predicted octanol–water partition coefficient (Wildman–Crippen LogP) is 3.02. The molecule has 0 bridgehead atoms. The minimum Gasteiger partial charge on any atom is -0.393 e. The zero-order chi connectivity index (χ0) is 21.1. The van der Waals surface area contributed by atoms with Crippen molar-refractivity contribution in [1.29, 1.82) is 5.26 Å². The average molecular weight is 396 g/mol. The van der Waals surface area contributed by atoms with Gasteiger partial charge in [0.2, 0.25) is 5.95 Å². The number of hydrogen-bond donors (Lipinski definition) is 4. The first-order valence-electron chi connectivity index (χ1n) is 9.95. The molecule has 3 rings (SSSR count). The van der Waals surface area contributed by atoms with Crippen LogP contribution in [-0.2, 0) is 5.60 Å². The van der Waals surface area contributed by atoms with Crippen LogP contribution < -0.4 is 10.6 Å². The van der Waals surface area contributed by atoms with E-state index in [1.807, 2.05) is 30.3 Å². The molecule has 154 valence electrons. The molecule has 0 aliphatic heterocycles. The van der Waals surface area contributed by atoms with Crippen molar-refractivity contribution in [1.82, 2.24) is 9.97 Å². The Bertz CT molecular complexity index is 877. The van der Waals surface area contributed by atoms with Crippen LogP contribution in [0.4, 0.5) is 11.8 Å². The summed E-state index contributed by atoms with van der Waals surface area (Å²) >= 11 is 0. The Kier molecular flexibility index (Phi) is 6.06. The van der Waals surface area contributed by atoms with Gasteiger partial charge in [-0.2, -0.15) is 10.2 Å². The molecule has 1 saturated carbocycles. The number of hydrogen-bond acceptors (Lipinski definition) is 7. The van der Waals surface area contributed by atoms with Crippen molar-refractivity contribution < 1.29 is 10.2 Å². The predicted molar refractivity (Wildman–Crippen MR) is 112 cm³/mol. The highest BCUT2D eigenvalue weighted by molar-refractivity contribution is 5.54. The molecule has 0 amide bonds. The second-order valence-electron chi connectivity index (χ2n) is 8.69. The van der Waals surface area contributed by atoms with Crippen molar-refractivity contribution in [2.75, 3.05) is 17.2 Å². The molecule has 4 N–H and O–H groups in total. The lowest BCUT2D eigenvalue weighted by molar-refractivity contribution is 0.00926. The van der Waals surface area contributed by atoms with E-state index in [9.17, 15) is 15.5 Å². The molecule has 3 atom stereocenters. The van der Waals surface area contributed by atoms with E-state index in [2.05, 4.69) is 40.5 Å². The lowest BCUT2D eigenvalue weighted by atomic mass is 9.73. The van der Waals surface area contributed by atoms with Crippen molar-refractivity contribution in [2.45, 2.75) is 57.8 Å². The highest BCUT2D eigenvalue weighted by Gasteiger charge is 2.36. The van der Waals surface area contributed by atoms with E-state index in [0.29, 0.717) is 23.8 Å². The maximum Gasteiger partial charge on any atom is 0.224 e. The second-order valence-corrected chi connectivity index (χ2v) is 8.69. The highest BCUT2D eigenvalue weighted by Crippen LogP contribution is 2.37. The second kappa shape index (κ2) is 8.36. The number of aliphatic hydroxyl groups excluding tert-OH is 1. The van der Waals surface area contributed by atoms with Crippen molar-refractivity contribution in [3.05, 3.63) is 47.7 Å². The van der Waals surface area contributed by atoms with E-state index in [4.69, 9.17) is 0 Å². The van der Waals surface area contributed by atoms with Crippen LogP contribution in [0, 0.1) is 16.7 Å². The zero-order valence-corrected chi connectivity index (χ0v) is 17.2. The summed E-state index contributed by atoms with van der Waals surface area (Å²) in [5, 5.41) is 36.8. The zero-order valence-electron chi connectivity index (χ0n) is 17.2. The first kappa shape index (κ1) is 21.0. The Morgan fingerprint density at radius 1 is 1.28 bits per heavy atom. The molecule has 1 unspecified atom stereocenters. The van der Waals surface area contributed by atoms with Gasteiger partial charge in [0.25, 0.3) is 0 Å². The number of rotatable bonds is 6. The summed E-state index contributed by atoms with van der Waals surface area (Å²) in [4.78, 5) is 8.68. The summed E-state index contributed by atoms with van der Waals surface area (Å²) in [7, 11) is 0. The van der Waals surface area contributed by atoms with Crippen LogP contribution >= 0.6 is 0 Å². The monoisotopic (exact) mass is 395 g/mol. The Balaban J connectivity index is 1.71. The summed E-state index contributed by atoms with van der Waals surface area (Å²) in [5.41, 5.74) is -0.113. The molecule has 1 aromatic carbocycles. The third-order valence-corrected chi connectivity index (χ3v) is 5.70. The van der Waals surface area contributed by atoms with Gasteiger partial charge in [0.15, 0.2) is 0 Å². The molecular formula is C22H29N5O2. The molecule has 0 radical (unpaired) electrons. The van der Waals surface area contributed by atoms with Crippen LogP contribution in [0.5, 0.6) is 0 Å². The van der Waals surface area contributed by atoms with Gasteiger partial charge in [-0.3, -0.25) is 0 Å². The smallest absolute Gasteiger partial charge is 0.224 e. The summed E-state index contributed by atoms with van der Waals surface area (Å²) < 4.78 is 0. The molecular weight excluding hydrogens is 366 g/mol. The van der Waals surface area contributed by atoms with Gasteiger partial charge in [-0.05, 0) is 37.2 Å². The molecule has 0 spiro atoms. The third kappa shape index (κ3) is 5.03. The number of nitrogens with zero attached hydrogens (tertiary/aromatic N) is 3. The number of aromatic nitrogens is 2.